The topological polar surface area (TPSA) is 108 Å². The number of allylic oxidation sites excluding steroid dienone is 3. The number of esters is 2. The third-order valence-corrected chi connectivity index (χ3v) is 4.18. The van der Waals surface area contributed by atoms with Gasteiger partial charge in [-0.05, 0) is 31.5 Å². The molecular formula is C18H19ClN2O6. The van der Waals surface area contributed by atoms with Gasteiger partial charge in [0, 0.05) is 17.6 Å². The van der Waals surface area contributed by atoms with Crippen molar-refractivity contribution in [3.63, 3.8) is 0 Å². The average Bonchev–Trinajstić information content (AvgIpc) is 2.57. The van der Waals surface area contributed by atoms with Gasteiger partial charge >= 0.3 is 11.9 Å². The minimum atomic E-state index is -0.943. The summed E-state index contributed by atoms with van der Waals surface area (Å²) in [6.45, 7) is 4.20. The van der Waals surface area contributed by atoms with Crippen molar-refractivity contribution in [3.8, 4) is 0 Å². The van der Waals surface area contributed by atoms with Gasteiger partial charge in [0.25, 0.3) is 5.70 Å². The minimum absolute atomic E-state index is 0.0976. The first kappa shape index (κ1) is 20.4. The Bertz CT molecular complexity index is 846. The van der Waals surface area contributed by atoms with E-state index in [0.29, 0.717) is 22.0 Å². The van der Waals surface area contributed by atoms with Crippen LogP contribution in [0.3, 0.4) is 0 Å². The number of nitrogens with zero attached hydrogens (tertiary/aromatic N) is 1. The van der Waals surface area contributed by atoms with Gasteiger partial charge in [-0.3, -0.25) is 14.9 Å². The van der Waals surface area contributed by atoms with Crippen molar-refractivity contribution >= 4 is 23.5 Å². The maximum atomic E-state index is 12.7. The molecule has 0 fully saturated rings. The van der Waals surface area contributed by atoms with Crippen molar-refractivity contribution in [2.24, 2.45) is 0 Å². The first-order chi connectivity index (χ1) is 12.7. The lowest BCUT2D eigenvalue weighted by Gasteiger charge is -2.26. The molecule has 8 nitrogen and oxygen atoms in total. The highest BCUT2D eigenvalue weighted by molar-refractivity contribution is 6.30. The van der Waals surface area contributed by atoms with Crippen molar-refractivity contribution < 1.29 is 24.0 Å². The summed E-state index contributed by atoms with van der Waals surface area (Å²) in [6, 6.07) is 6.54. The second-order valence-corrected chi connectivity index (χ2v) is 6.33. The molecule has 1 aliphatic heterocycles. The monoisotopic (exact) mass is 394 g/mol. The van der Waals surface area contributed by atoms with Crippen LogP contribution in [0.25, 0.3) is 0 Å². The number of dihydropyridines is 1. The predicted octanol–water partition coefficient (Wildman–Crippen LogP) is 2.92. The van der Waals surface area contributed by atoms with Gasteiger partial charge in [-0.1, -0.05) is 23.7 Å². The summed E-state index contributed by atoms with van der Waals surface area (Å²) >= 11 is 6.04. The molecule has 1 aromatic rings. The van der Waals surface area contributed by atoms with Crippen LogP contribution in [-0.4, -0.2) is 30.1 Å². The van der Waals surface area contributed by atoms with E-state index in [1.165, 1.54) is 6.92 Å². The van der Waals surface area contributed by atoms with Crippen molar-refractivity contribution in [1.82, 2.24) is 5.32 Å². The van der Waals surface area contributed by atoms with E-state index < -0.39 is 22.8 Å². The number of benzene rings is 1. The van der Waals surface area contributed by atoms with Crippen molar-refractivity contribution in [2.45, 2.75) is 26.7 Å². The molecule has 0 radical (unpaired) electrons. The highest BCUT2D eigenvalue weighted by Gasteiger charge is 2.40. The fourth-order valence-electron chi connectivity index (χ4n) is 2.90. The number of halogens is 1. The standard InChI is InChI=1S/C18H19ClN2O6/c1-10-15(18(23)27-8-7-26-12(3)22)16(13-5-4-6-14(19)9-13)17(21(24)25)11(2)20-10/h4-6,9,16,20H,7-8H2,1-3H3. The Morgan fingerprint density at radius 1 is 1.22 bits per heavy atom. The van der Waals surface area contributed by atoms with Gasteiger partial charge in [0.15, 0.2) is 0 Å². The third kappa shape index (κ3) is 4.85. The Labute approximate surface area is 160 Å². The zero-order valence-electron chi connectivity index (χ0n) is 15.1. The Kier molecular flexibility index (Phi) is 6.57. The number of rotatable bonds is 6. The lowest BCUT2D eigenvalue weighted by atomic mass is 9.84. The minimum Gasteiger partial charge on any atom is -0.462 e. The first-order valence-corrected chi connectivity index (χ1v) is 8.49. The van der Waals surface area contributed by atoms with E-state index in [1.54, 1.807) is 38.1 Å². The van der Waals surface area contributed by atoms with Gasteiger partial charge in [-0.2, -0.15) is 0 Å². The molecule has 2 rings (SSSR count). The molecule has 144 valence electrons. The Morgan fingerprint density at radius 3 is 2.48 bits per heavy atom. The molecule has 9 heteroatoms. The van der Waals surface area contributed by atoms with Crippen LogP contribution in [0.15, 0.2) is 46.9 Å². The SMILES string of the molecule is CC(=O)OCCOC(=O)C1=C(C)NC(C)=C([N+](=O)[O-])C1c1cccc(Cl)c1. The van der Waals surface area contributed by atoms with Crippen molar-refractivity contribution in [3.05, 3.63) is 67.6 Å². The van der Waals surface area contributed by atoms with Crippen LogP contribution in [-0.2, 0) is 19.1 Å². The number of ether oxygens (including phenoxy) is 2. The molecular weight excluding hydrogens is 376 g/mol. The van der Waals surface area contributed by atoms with Gasteiger partial charge in [0.05, 0.1) is 16.2 Å². The molecule has 1 N–H and O–H groups in total. The first-order valence-electron chi connectivity index (χ1n) is 8.11. The summed E-state index contributed by atoms with van der Waals surface area (Å²) < 4.78 is 9.88. The average molecular weight is 395 g/mol. The molecule has 0 bridgehead atoms. The van der Waals surface area contributed by atoms with Crippen LogP contribution < -0.4 is 5.32 Å². The zero-order valence-corrected chi connectivity index (χ0v) is 15.8. The molecule has 0 aromatic heterocycles. The van der Waals surface area contributed by atoms with Crippen LogP contribution >= 0.6 is 11.6 Å². The van der Waals surface area contributed by atoms with Gasteiger partial charge in [0.2, 0.25) is 0 Å². The summed E-state index contributed by atoms with van der Waals surface area (Å²) in [5.74, 6) is -2.17. The van der Waals surface area contributed by atoms with Crippen LogP contribution in [0.1, 0.15) is 32.3 Å². The number of hydrogen-bond acceptors (Lipinski definition) is 7. The van der Waals surface area contributed by atoms with E-state index in [0.717, 1.165) is 0 Å². The highest BCUT2D eigenvalue weighted by Crippen LogP contribution is 2.39. The maximum Gasteiger partial charge on any atom is 0.337 e. The second kappa shape index (κ2) is 8.68. The number of nitro groups is 1. The normalized spacial score (nSPS) is 16.7. The lowest BCUT2D eigenvalue weighted by molar-refractivity contribution is -0.431. The Balaban J connectivity index is 2.40. The second-order valence-electron chi connectivity index (χ2n) is 5.90. The van der Waals surface area contributed by atoms with Crippen LogP contribution in [0.5, 0.6) is 0 Å². The van der Waals surface area contributed by atoms with E-state index >= 15 is 0 Å². The molecule has 1 aromatic carbocycles. The quantitative estimate of drug-likeness (QED) is 0.342. The van der Waals surface area contributed by atoms with Gasteiger partial charge in [-0.15, -0.1) is 0 Å². The molecule has 1 aliphatic rings. The lowest BCUT2D eigenvalue weighted by Crippen LogP contribution is -2.32. The largest absolute Gasteiger partial charge is 0.462 e. The number of hydrogen-bond donors (Lipinski definition) is 1. The van der Waals surface area contributed by atoms with E-state index in [2.05, 4.69) is 5.32 Å². The van der Waals surface area contributed by atoms with Crippen LogP contribution in [0.4, 0.5) is 0 Å². The molecule has 0 aliphatic carbocycles. The van der Waals surface area contributed by atoms with Gasteiger partial charge < -0.3 is 14.8 Å². The van der Waals surface area contributed by atoms with Crippen molar-refractivity contribution in [2.75, 3.05) is 13.2 Å². The fraction of sp³-hybridized carbons (Fsp3) is 0.333. The molecule has 1 unspecified atom stereocenters. The van der Waals surface area contributed by atoms with E-state index in [-0.39, 0.29) is 24.5 Å². The van der Waals surface area contributed by atoms with E-state index in [4.69, 9.17) is 21.1 Å². The molecule has 27 heavy (non-hydrogen) atoms. The molecule has 0 spiro atoms. The number of carbonyl (C=O) groups excluding carboxylic acids is 2. The molecule has 1 atom stereocenters. The third-order valence-electron chi connectivity index (χ3n) is 3.95. The van der Waals surface area contributed by atoms with Gasteiger partial charge in [-0.25, -0.2) is 4.79 Å². The molecule has 1 heterocycles. The Hall–Kier alpha value is -2.87. The van der Waals surface area contributed by atoms with Gasteiger partial charge in [0.1, 0.15) is 19.1 Å². The highest BCUT2D eigenvalue weighted by atomic mass is 35.5. The van der Waals surface area contributed by atoms with Crippen LogP contribution in [0.2, 0.25) is 5.02 Å². The maximum absolute atomic E-state index is 12.7. The number of nitrogens with one attached hydrogen (secondary N) is 1. The summed E-state index contributed by atoms with van der Waals surface area (Å²) in [4.78, 5) is 34.6. The fourth-order valence-corrected chi connectivity index (χ4v) is 3.10. The predicted molar refractivity (Wildman–Crippen MR) is 97.3 cm³/mol. The summed E-state index contributed by atoms with van der Waals surface area (Å²) in [5.41, 5.74) is 1.23. The van der Waals surface area contributed by atoms with Crippen LogP contribution in [0, 0.1) is 10.1 Å². The molecule has 0 saturated heterocycles. The summed E-state index contributed by atoms with van der Waals surface area (Å²) in [7, 11) is 0. The summed E-state index contributed by atoms with van der Waals surface area (Å²) in [5, 5.41) is 14.9. The van der Waals surface area contributed by atoms with Crippen molar-refractivity contribution in [1.29, 1.82) is 0 Å². The number of carbonyl (C=O) groups is 2. The van der Waals surface area contributed by atoms with E-state index in [9.17, 15) is 19.7 Å². The smallest absolute Gasteiger partial charge is 0.337 e. The molecule has 0 saturated carbocycles. The Morgan fingerprint density at radius 2 is 1.89 bits per heavy atom. The molecule has 0 amide bonds. The van der Waals surface area contributed by atoms with E-state index in [1.807, 2.05) is 0 Å². The summed E-state index contributed by atoms with van der Waals surface area (Å²) in [6.07, 6.45) is 0. The zero-order chi connectivity index (χ0) is 20.1.